The maximum absolute atomic E-state index is 13.0. The quantitative estimate of drug-likeness (QED) is 0.0169. The Morgan fingerprint density at radius 1 is 0.298 bits per heavy atom. The van der Waals surface area contributed by atoms with E-state index in [-0.39, 0.29) is 25.7 Å². The molecule has 5 unspecified atom stereocenters. The van der Waals surface area contributed by atoms with Crippen LogP contribution < -0.4 is 0 Å². The molecule has 0 spiro atoms. The zero-order chi connectivity index (χ0) is 69.0. The van der Waals surface area contributed by atoms with Crippen molar-refractivity contribution in [1.82, 2.24) is 0 Å². The van der Waals surface area contributed by atoms with Crippen LogP contribution in [0.25, 0.3) is 0 Å². The first-order valence-electron chi connectivity index (χ1n) is 37.9. The van der Waals surface area contributed by atoms with Crippen molar-refractivity contribution in [1.29, 1.82) is 0 Å². The van der Waals surface area contributed by atoms with Crippen molar-refractivity contribution in [2.45, 2.75) is 367 Å². The molecule has 17 nitrogen and oxygen atoms in total. The van der Waals surface area contributed by atoms with Crippen LogP contribution >= 0.6 is 15.6 Å². The largest absolute Gasteiger partial charge is 0.472 e. The summed E-state index contributed by atoms with van der Waals surface area (Å²) in [5, 5.41) is 10.6. The van der Waals surface area contributed by atoms with Gasteiger partial charge in [-0.05, 0) is 89.9 Å². The van der Waals surface area contributed by atoms with Crippen molar-refractivity contribution < 1.29 is 80.2 Å². The molecule has 0 aromatic carbocycles. The van der Waals surface area contributed by atoms with Crippen molar-refractivity contribution >= 4 is 39.5 Å². The fourth-order valence-corrected chi connectivity index (χ4v) is 12.0. The molecule has 0 rings (SSSR count). The third kappa shape index (κ3) is 67.6. The fourth-order valence-electron chi connectivity index (χ4n) is 10.5. The summed E-state index contributed by atoms with van der Waals surface area (Å²) in [7, 11) is -9.93. The molecule has 0 aliphatic rings. The average molecular weight is 1370 g/mol. The highest BCUT2D eigenvalue weighted by Crippen LogP contribution is 2.45. The molecular weight excluding hydrogens is 1230 g/mol. The lowest BCUT2D eigenvalue weighted by atomic mass is 10.0. The minimum Gasteiger partial charge on any atom is -0.462 e. The molecule has 5 atom stereocenters. The summed E-state index contributed by atoms with van der Waals surface area (Å²) >= 11 is 0. The fraction of sp³-hybridized carbons (Fsp3) is 0.840. The molecule has 0 aromatic rings. The first-order valence-corrected chi connectivity index (χ1v) is 40.9. The first kappa shape index (κ1) is 91.0. The Morgan fingerprint density at radius 2 is 0.521 bits per heavy atom. The molecule has 0 aromatic heterocycles. The highest BCUT2D eigenvalue weighted by atomic mass is 31.2. The third-order valence-electron chi connectivity index (χ3n) is 16.3. The van der Waals surface area contributed by atoms with E-state index in [9.17, 15) is 43.2 Å². The average Bonchev–Trinajstić information content (AvgIpc) is 1.35. The number of phosphoric acid groups is 2. The van der Waals surface area contributed by atoms with Crippen LogP contribution in [-0.2, 0) is 65.4 Å². The van der Waals surface area contributed by atoms with Crippen molar-refractivity contribution in [3.8, 4) is 0 Å². The van der Waals surface area contributed by atoms with Gasteiger partial charge in [0, 0.05) is 25.7 Å². The Kier molecular flexibility index (Phi) is 66.4. The molecule has 3 N–H and O–H groups in total. The van der Waals surface area contributed by atoms with Gasteiger partial charge in [0.1, 0.15) is 19.3 Å². The van der Waals surface area contributed by atoms with Crippen LogP contribution in [-0.4, -0.2) is 96.7 Å². The van der Waals surface area contributed by atoms with Gasteiger partial charge in [0.2, 0.25) is 0 Å². The Hall–Kier alpha value is -2.98. The van der Waals surface area contributed by atoms with Crippen LogP contribution in [0.15, 0.2) is 48.6 Å². The second-order valence-corrected chi connectivity index (χ2v) is 28.5. The molecule has 0 amide bonds. The van der Waals surface area contributed by atoms with Gasteiger partial charge in [0.25, 0.3) is 0 Å². The van der Waals surface area contributed by atoms with E-state index in [0.29, 0.717) is 25.7 Å². The lowest BCUT2D eigenvalue weighted by Gasteiger charge is -2.21. The Labute approximate surface area is 572 Å². The molecule has 0 saturated heterocycles. The molecule has 0 radical (unpaired) electrons. The lowest BCUT2D eigenvalue weighted by Crippen LogP contribution is -2.30. The van der Waals surface area contributed by atoms with Crippen LogP contribution in [0.3, 0.4) is 0 Å². The van der Waals surface area contributed by atoms with Crippen LogP contribution in [0.5, 0.6) is 0 Å². The summed E-state index contributed by atoms with van der Waals surface area (Å²) < 4.78 is 68.4. The van der Waals surface area contributed by atoms with Gasteiger partial charge in [-0.3, -0.25) is 37.3 Å². The maximum Gasteiger partial charge on any atom is 0.472 e. The van der Waals surface area contributed by atoms with Gasteiger partial charge in [-0.25, -0.2) is 9.13 Å². The molecular formula is C75H138O17P2. The molecule has 94 heavy (non-hydrogen) atoms. The first-order chi connectivity index (χ1) is 45.7. The van der Waals surface area contributed by atoms with Gasteiger partial charge < -0.3 is 33.8 Å². The summed E-state index contributed by atoms with van der Waals surface area (Å²) in [6, 6.07) is 0. The van der Waals surface area contributed by atoms with Crippen molar-refractivity contribution in [2.75, 3.05) is 39.6 Å². The van der Waals surface area contributed by atoms with E-state index in [1.54, 1.807) is 0 Å². The number of aliphatic hydroxyl groups is 1. The Bertz CT molecular complexity index is 1980. The van der Waals surface area contributed by atoms with Gasteiger partial charge in [0.05, 0.1) is 26.4 Å². The number of ether oxygens (including phenoxy) is 4. The number of phosphoric ester groups is 2. The standard InChI is InChI=1S/C75H138O17P2/c1-5-9-13-17-21-25-29-32-34-37-40-43-47-51-55-59-72(77)85-65-70(91-74(79)61-57-53-49-45-39-28-24-20-16-12-8-4)67-89-93(81,82)87-63-69(76)64-88-94(83,84)90-68-71(92-75(80)62-58-54-50-46-42-36-31-27-23-19-15-11-7-3)66-86-73(78)60-56-52-48-44-41-38-35-33-30-26-22-18-14-10-6-2/h21-22,25-26,32-35,69-71,76H,5-20,23-24,27-31,36-68H2,1-4H3,(H,81,82)(H,83,84)/b25-21-,26-22-,34-32-,35-33-. The highest BCUT2D eigenvalue weighted by Gasteiger charge is 2.30. The third-order valence-corrected chi connectivity index (χ3v) is 18.2. The van der Waals surface area contributed by atoms with E-state index < -0.39 is 97.5 Å². The maximum atomic E-state index is 13.0. The topological polar surface area (TPSA) is 237 Å². The monoisotopic (exact) mass is 1370 g/mol. The van der Waals surface area contributed by atoms with E-state index in [4.69, 9.17) is 37.0 Å². The SMILES string of the molecule is CCCCC/C=C\C/C=C\CCCCCCCC(=O)OCC(COP(=O)(O)OCC(O)COP(=O)(O)OCC(COC(=O)CCCCCCC/C=C\C/C=C\CCCCC)OC(=O)CCCCCCCCCCCCCCC)OC(=O)CCCCCCCCCCCCC. The molecule has 0 aliphatic carbocycles. The van der Waals surface area contributed by atoms with Gasteiger partial charge in [-0.2, -0.15) is 0 Å². The lowest BCUT2D eigenvalue weighted by molar-refractivity contribution is -0.161. The zero-order valence-corrected chi connectivity index (χ0v) is 61.7. The number of hydrogen-bond acceptors (Lipinski definition) is 15. The summed E-state index contributed by atoms with van der Waals surface area (Å²) in [6.07, 6.45) is 63.8. The second-order valence-electron chi connectivity index (χ2n) is 25.6. The molecule has 0 saturated carbocycles. The van der Waals surface area contributed by atoms with Crippen molar-refractivity contribution in [2.24, 2.45) is 0 Å². The number of carbonyl (C=O) groups is 4. The van der Waals surface area contributed by atoms with Gasteiger partial charge >= 0.3 is 39.5 Å². The molecule has 19 heteroatoms. The van der Waals surface area contributed by atoms with Crippen LogP contribution in [0.1, 0.15) is 349 Å². The molecule has 0 aliphatic heterocycles. The minimum atomic E-state index is -4.96. The Morgan fingerprint density at radius 3 is 0.809 bits per heavy atom. The van der Waals surface area contributed by atoms with E-state index in [0.717, 1.165) is 141 Å². The number of unbranched alkanes of at least 4 members (excludes halogenated alkanes) is 38. The van der Waals surface area contributed by atoms with Crippen molar-refractivity contribution in [3.63, 3.8) is 0 Å². The van der Waals surface area contributed by atoms with Crippen LogP contribution in [0.2, 0.25) is 0 Å². The summed E-state index contributed by atoms with van der Waals surface area (Å²) in [5.41, 5.74) is 0. The smallest absolute Gasteiger partial charge is 0.462 e. The van der Waals surface area contributed by atoms with E-state index in [2.05, 4.69) is 76.3 Å². The van der Waals surface area contributed by atoms with Gasteiger partial charge in [-0.15, -0.1) is 0 Å². The van der Waals surface area contributed by atoms with Gasteiger partial charge in [-0.1, -0.05) is 282 Å². The number of esters is 4. The molecule has 0 bridgehead atoms. The van der Waals surface area contributed by atoms with Crippen LogP contribution in [0, 0.1) is 0 Å². The predicted molar refractivity (Wildman–Crippen MR) is 381 cm³/mol. The molecule has 0 heterocycles. The zero-order valence-electron chi connectivity index (χ0n) is 59.9. The number of allylic oxidation sites excluding steroid dienone is 8. The summed E-state index contributed by atoms with van der Waals surface area (Å²) in [5.74, 6) is -2.17. The van der Waals surface area contributed by atoms with E-state index in [1.807, 2.05) is 0 Å². The van der Waals surface area contributed by atoms with E-state index >= 15 is 0 Å². The van der Waals surface area contributed by atoms with E-state index in [1.165, 1.54) is 128 Å². The molecule has 0 fully saturated rings. The summed E-state index contributed by atoms with van der Waals surface area (Å²) in [6.45, 7) is 4.84. The van der Waals surface area contributed by atoms with Gasteiger partial charge in [0.15, 0.2) is 12.2 Å². The number of carbonyl (C=O) groups excluding carboxylic acids is 4. The summed E-state index contributed by atoms with van der Waals surface area (Å²) in [4.78, 5) is 72.7. The molecule has 550 valence electrons. The highest BCUT2D eigenvalue weighted by molar-refractivity contribution is 7.47. The van der Waals surface area contributed by atoms with Crippen LogP contribution in [0.4, 0.5) is 0 Å². The normalized spacial score (nSPS) is 14.2. The number of hydrogen-bond donors (Lipinski definition) is 3. The van der Waals surface area contributed by atoms with Crippen molar-refractivity contribution in [3.05, 3.63) is 48.6 Å². The minimum absolute atomic E-state index is 0.0985. The second kappa shape index (κ2) is 68.5. The number of rotatable bonds is 72. The predicted octanol–water partition coefficient (Wildman–Crippen LogP) is 21.3. The Balaban J connectivity index is 5.30. The number of aliphatic hydroxyl groups excluding tert-OH is 1.